The largest absolute Gasteiger partial charge is 0.355 e. The summed E-state index contributed by atoms with van der Waals surface area (Å²) >= 11 is 0. The van der Waals surface area contributed by atoms with E-state index in [2.05, 4.69) is 48.7 Å². The van der Waals surface area contributed by atoms with E-state index >= 15 is 0 Å². The van der Waals surface area contributed by atoms with E-state index in [9.17, 15) is 4.79 Å². The molecule has 0 fully saturated rings. The third-order valence-corrected chi connectivity index (χ3v) is 3.00. The molecule has 1 aromatic rings. The van der Waals surface area contributed by atoms with Crippen LogP contribution in [0, 0.1) is 0 Å². The van der Waals surface area contributed by atoms with Gasteiger partial charge in [-0.1, -0.05) is 38.1 Å². The minimum atomic E-state index is -0.158. The molecule has 0 aliphatic heterocycles. The SMILES string of the molecule is CCNC(=O)C(C)NCc1ccc(C(C)C)cc1. The van der Waals surface area contributed by atoms with Gasteiger partial charge in [-0.15, -0.1) is 0 Å². The summed E-state index contributed by atoms with van der Waals surface area (Å²) < 4.78 is 0. The van der Waals surface area contributed by atoms with Crippen molar-refractivity contribution < 1.29 is 4.79 Å². The van der Waals surface area contributed by atoms with Crippen LogP contribution in [0.1, 0.15) is 44.7 Å². The van der Waals surface area contributed by atoms with Gasteiger partial charge in [0.05, 0.1) is 6.04 Å². The molecule has 2 N–H and O–H groups in total. The standard InChI is InChI=1S/C15H24N2O/c1-5-16-15(18)12(4)17-10-13-6-8-14(9-7-13)11(2)3/h6-9,11-12,17H,5,10H2,1-4H3,(H,16,18). The molecule has 0 spiro atoms. The van der Waals surface area contributed by atoms with Crippen molar-refractivity contribution in [3.63, 3.8) is 0 Å². The lowest BCUT2D eigenvalue weighted by Crippen LogP contribution is -2.41. The Kier molecular flexibility index (Phi) is 5.86. The van der Waals surface area contributed by atoms with Gasteiger partial charge in [0.2, 0.25) is 5.91 Å². The Morgan fingerprint density at radius 3 is 2.28 bits per heavy atom. The van der Waals surface area contributed by atoms with Crippen LogP contribution < -0.4 is 10.6 Å². The van der Waals surface area contributed by atoms with Gasteiger partial charge in [-0.05, 0) is 30.9 Å². The molecule has 0 aliphatic rings. The molecule has 0 heterocycles. The molecule has 1 amide bonds. The number of likely N-dealkylation sites (N-methyl/N-ethyl adjacent to an activating group) is 1. The van der Waals surface area contributed by atoms with Crippen LogP contribution in [0.2, 0.25) is 0 Å². The van der Waals surface area contributed by atoms with Crippen molar-refractivity contribution in [2.24, 2.45) is 0 Å². The smallest absolute Gasteiger partial charge is 0.236 e. The summed E-state index contributed by atoms with van der Waals surface area (Å²) in [6.45, 7) is 9.57. The van der Waals surface area contributed by atoms with Gasteiger partial charge in [-0.25, -0.2) is 0 Å². The molecule has 1 rings (SSSR count). The molecule has 3 heteroatoms. The van der Waals surface area contributed by atoms with E-state index in [1.807, 2.05) is 13.8 Å². The zero-order valence-electron chi connectivity index (χ0n) is 11.8. The highest BCUT2D eigenvalue weighted by atomic mass is 16.2. The van der Waals surface area contributed by atoms with E-state index in [0.29, 0.717) is 12.5 Å². The third kappa shape index (κ3) is 4.49. The molecule has 0 radical (unpaired) electrons. The second-order valence-corrected chi connectivity index (χ2v) is 4.89. The Morgan fingerprint density at radius 1 is 1.17 bits per heavy atom. The van der Waals surface area contributed by atoms with E-state index < -0.39 is 0 Å². The Morgan fingerprint density at radius 2 is 1.78 bits per heavy atom. The van der Waals surface area contributed by atoms with Gasteiger partial charge in [0.15, 0.2) is 0 Å². The van der Waals surface area contributed by atoms with Crippen molar-refractivity contribution in [1.29, 1.82) is 0 Å². The summed E-state index contributed by atoms with van der Waals surface area (Å²) in [5, 5.41) is 6.02. The molecule has 0 aromatic heterocycles. The van der Waals surface area contributed by atoms with Gasteiger partial charge < -0.3 is 10.6 Å². The number of amides is 1. The minimum Gasteiger partial charge on any atom is -0.355 e. The van der Waals surface area contributed by atoms with E-state index in [0.717, 1.165) is 6.54 Å². The maximum Gasteiger partial charge on any atom is 0.236 e. The number of hydrogen-bond donors (Lipinski definition) is 2. The van der Waals surface area contributed by atoms with Gasteiger partial charge >= 0.3 is 0 Å². The van der Waals surface area contributed by atoms with E-state index in [-0.39, 0.29) is 11.9 Å². The molecular formula is C15H24N2O. The van der Waals surface area contributed by atoms with Gasteiger partial charge in [0.1, 0.15) is 0 Å². The second-order valence-electron chi connectivity index (χ2n) is 4.89. The second kappa shape index (κ2) is 7.17. The molecule has 0 saturated heterocycles. The monoisotopic (exact) mass is 248 g/mol. The summed E-state index contributed by atoms with van der Waals surface area (Å²) in [7, 11) is 0. The average Bonchev–Trinajstić information content (AvgIpc) is 2.36. The first kappa shape index (κ1) is 14.7. The number of benzene rings is 1. The van der Waals surface area contributed by atoms with Crippen molar-refractivity contribution >= 4 is 5.91 Å². The first-order valence-corrected chi connectivity index (χ1v) is 6.64. The first-order valence-electron chi connectivity index (χ1n) is 6.64. The number of rotatable bonds is 6. The molecule has 0 aliphatic carbocycles. The number of carbonyl (C=O) groups excluding carboxylic acids is 1. The van der Waals surface area contributed by atoms with Crippen molar-refractivity contribution in [2.75, 3.05) is 6.54 Å². The predicted octanol–water partition coefficient (Wildman–Crippen LogP) is 2.42. The Bertz CT molecular complexity index is 371. The lowest BCUT2D eigenvalue weighted by atomic mass is 10.0. The lowest BCUT2D eigenvalue weighted by Gasteiger charge is -2.13. The van der Waals surface area contributed by atoms with Crippen LogP contribution in [-0.2, 0) is 11.3 Å². The summed E-state index contributed by atoms with van der Waals surface area (Å²) in [5.74, 6) is 0.609. The Labute approximate surface area is 110 Å². The average molecular weight is 248 g/mol. The molecule has 0 saturated carbocycles. The molecule has 100 valence electrons. The highest BCUT2D eigenvalue weighted by molar-refractivity contribution is 5.81. The zero-order valence-corrected chi connectivity index (χ0v) is 11.8. The van der Waals surface area contributed by atoms with Crippen LogP contribution in [0.5, 0.6) is 0 Å². The third-order valence-electron chi connectivity index (χ3n) is 3.00. The molecule has 1 atom stereocenters. The normalized spacial score (nSPS) is 12.5. The van der Waals surface area contributed by atoms with Gasteiger partial charge in [-0.2, -0.15) is 0 Å². The van der Waals surface area contributed by atoms with Crippen LogP contribution >= 0.6 is 0 Å². The van der Waals surface area contributed by atoms with Crippen molar-refractivity contribution in [3.8, 4) is 0 Å². The quantitative estimate of drug-likeness (QED) is 0.812. The van der Waals surface area contributed by atoms with Crippen LogP contribution in [-0.4, -0.2) is 18.5 Å². The molecule has 1 unspecified atom stereocenters. The van der Waals surface area contributed by atoms with Crippen LogP contribution in [0.25, 0.3) is 0 Å². The molecular weight excluding hydrogens is 224 g/mol. The Balaban J connectivity index is 2.46. The highest BCUT2D eigenvalue weighted by Gasteiger charge is 2.10. The van der Waals surface area contributed by atoms with Crippen LogP contribution in [0.15, 0.2) is 24.3 Å². The van der Waals surface area contributed by atoms with Crippen LogP contribution in [0.3, 0.4) is 0 Å². The molecule has 1 aromatic carbocycles. The lowest BCUT2D eigenvalue weighted by molar-refractivity contribution is -0.122. The zero-order chi connectivity index (χ0) is 13.5. The maximum absolute atomic E-state index is 11.5. The van der Waals surface area contributed by atoms with Crippen molar-refractivity contribution in [1.82, 2.24) is 10.6 Å². The van der Waals surface area contributed by atoms with Gasteiger partial charge in [0, 0.05) is 13.1 Å². The number of hydrogen-bond acceptors (Lipinski definition) is 2. The minimum absolute atomic E-state index is 0.0521. The fourth-order valence-electron chi connectivity index (χ4n) is 1.71. The highest BCUT2D eigenvalue weighted by Crippen LogP contribution is 2.14. The number of nitrogens with one attached hydrogen (secondary N) is 2. The molecule has 18 heavy (non-hydrogen) atoms. The van der Waals surface area contributed by atoms with E-state index in [4.69, 9.17) is 0 Å². The predicted molar refractivity (Wildman–Crippen MR) is 75.5 cm³/mol. The van der Waals surface area contributed by atoms with Gasteiger partial charge in [0.25, 0.3) is 0 Å². The fraction of sp³-hybridized carbons (Fsp3) is 0.533. The van der Waals surface area contributed by atoms with E-state index in [1.54, 1.807) is 0 Å². The Hall–Kier alpha value is -1.35. The summed E-state index contributed by atoms with van der Waals surface area (Å²) in [5.41, 5.74) is 2.55. The van der Waals surface area contributed by atoms with Crippen molar-refractivity contribution in [2.45, 2.75) is 46.2 Å². The summed E-state index contributed by atoms with van der Waals surface area (Å²) in [6.07, 6.45) is 0. The maximum atomic E-state index is 11.5. The number of carbonyl (C=O) groups is 1. The summed E-state index contributed by atoms with van der Waals surface area (Å²) in [4.78, 5) is 11.5. The molecule has 3 nitrogen and oxygen atoms in total. The summed E-state index contributed by atoms with van der Waals surface area (Å²) in [6, 6.07) is 8.38. The molecule has 0 bridgehead atoms. The van der Waals surface area contributed by atoms with E-state index in [1.165, 1.54) is 11.1 Å². The van der Waals surface area contributed by atoms with Crippen molar-refractivity contribution in [3.05, 3.63) is 35.4 Å². The topological polar surface area (TPSA) is 41.1 Å². The van der Waals surface area contributed by atoms with Crippen LogP contribution in [0.4, 0.5) is 0 Å². The fourth-order valence-corrected chi connectivity index (χ4v) is 1.71. The van der Waals surface area contributed by atoms with Gasteiger partial charge in [-0.3, -0.25) is 4.79 Å². The first-order chi connectivity index (χ1) is 8.54.